The molecule has 0 fully saturated rings. The lowest BCUT2D eigenvalue weighted by Crippen LogP contribution is -1.88. The first-order chi connectivity index (χ1) is 6.59. The van der Waals surface area contributed by atoms with Gasteiger partial charge in [-0.1, -0.05) is 13.8 Å². The van der Waals surface area contributed by atoms with Crippen LogP contribution in [0.1, 0.15) is 30.9 Å². The van der Waals surface area contributed by atoms with Crippen molar-refractivity contribution in [3.63, 3.8) is 0 Å². The standard InChI is InChI=1S/C12H14O2/c1-7(2)10-4-9(13)5-11-12(10)8(3)6-14-11/h4-7,13H,1-3H3. The second-order valence-corrected chi connectivity index (χ2v) is 3.98. The SMILES string of the molecule is Cc1coc2cc(O)cc(C(C)C)c12. The Kier molecular flexibility index (Phi) is 1.99. The van der Waals surface area contributed by atoms with Crippen LogP contribution in [0, 0.1) is 6.92 Å². The Hall–Kier alpha value is -1.44. The molecule has 1 aromatic carbocycles. The smallest absolute Gasteiger partial charge is 0.138 e. The molecule has 0 saturated heterocycles. The van der Waals surface area contributed by atoms with Crippen molar-refractivity contribution in [1.82, 2.24) is 0 Å². The molecule has 2 heteroatoms. The Bertz CT molecular complexity index is 466. The fourth-order valence-electron chi connectivity index (χ4n) is 1.80. The molecule has 0 saturated carbocycles. The molecule has 0 aliphatic carbocycles. The quantitative estimate of drug-likeness (QED) is 0.745. The molecule has 1 heterocycles. The summed E-state index contributed by atoms with van der Waals surface area (Å²) in [4.78, 5) is 0. The van der Waals surface area contributed by atoms with Gasteiger partial charge in [-0.2, -0.15) is 0 Å². The second-order valence-electron chi connectivity index (χ2n) is 3.98. The zero-order valence-electron chi connectivity index (χ0n) is 8.66. The van der Waals surface area contributed by atoms with Crippen molar-refractivity contribution in [2.24, 2.45) is 0 Å². The minimum atomic E-state index is 0.274. The minimum Gasteiger partial charge on any atom is -0.508 e. The summed E-state index contributed by atoms with van der Waals surface area (Å²) >= 11 is 0. The lowest BCUT2D eigenvalue weighted by atomic mass is 9.97. The second kappa shape index (κ2) is 3.05. The summed E-state index contributed by atoms with van der Waals surface area (Å²) in [5.74, 6) is 0.663. The molecule has 1 N–H and O–H groups in total. The molecule has 74 valence electrons. The Morgan fingerprint density at radius 3 is 2.64 bits per heavy atom. The van der Waals surface area contributed by atoms with Crippen molar-refractivity contribution < 1.29 is 9.52 Å². The average Bonchev–Trinajstić information content (AvgIpc) is 2.46. The number of aromatic hydroxyl groups is 1. The summed E-state index contributed by atoms with van der Waals surface area (Å²) in [7, 11) is 0. The molecule has 0 radical (unpaired) electrons. The van der Waals surface area contributed by atoms with Gasteiger partial charge < -0.3 is 9.52 Å². The fourth-order valence-corrected chi connectivity index (χ4v) is 1.80. The molecule has 0 atom stereocenters. The molecule has 0 spiro atoms. The van der Waals surface area contributed by atoms with Gasteiger partial charge in [-0.05, 0) is 30.0 Å². The van der Waals surface area contributed by atoms with Gasteiger partial charge in [0.05, 0.1) is 6.26 Å². The van der Waals surface area contributed by atoms with Crippen LogP contribution in [-0.2, 0) is 0 Å². The molecule has 2 nitrogen and oxygen atoms in total. The van der Waals surface area contributed by atoms with Gasteiger partial charge in [-0.15, -0.1) is 0 Å². The van der Waals surface area contributed by atoms with E-state index in [1.165, 1.54) is 0 Å². The van der Waals surface area contributed by atoms with Gasteiger partial charge >= 0.3 is 0 Å². The third kappa shape index (κ3) is 1.27. The summed E-state index contributed by atoms with van der Waals surface area (Å²) in [6.45, 7) is 6.25. The predicted molar refractivity (Wildman–Crippen MR) is 56.7 cm³/mol. The van der Waals surface area contributed by atoms with Gasteiger partial charge in [-0.25, -0.2) is 0 Å². The first kappa shape index (κ1) is 9.13. The van der Waals surface area contributed by atoms with E-state index in [2.05, 4.69) is 13.8 Å². The lowest BCUT2D eigenvalue weighted by molar-refractivity contribution is 0.473. The highest BCUT2D eigenvalue weighted by molar-refractivity contribution is 5.86. The van der Waals surface area contributed by atoms with E-state index in [0.29, 0.717) is 5.92 Å². The molecule has 2 rings (SSSR count). The topological polar surface area (TPSA) is 33.4 Å². The first-order valence-corrected chi connectivity index (χ1v) is 4.80. The molecule has 2 aromatic rings. The van der Waals surface area contributed by atoms with Crippen molar-refractivity contribution in [2.45, 2.75) is 26.7 Å². The normalized spacial score (nSPS) is 11.4. The number of fused-ring (bicyclic) bond motifs is 1. The van der Waals surface area contributed by atoms with Crippen LogP contribution in [0.5, 0.6) is 5.75 Å². The van der Waals surface area contributed by atoms with Crippen LogP contribution >= 0.6 is 0 Å². The number of phenols is 1. The predicted octanol–water partition coefficient (Wildman–Crippen LogP) is 3.57. The maximum Gasteiger partial charge on any atom is 0.138 e. The van der Waals surface area contributed by atoms with Crippen molar-refractivity contribution in [1.29, 1.82) is 0 Å². The van der Waals surface area contributed by atoms with Gasteiger partial charge in [-0.3, -0.25) is 0 Å². The summed E-state index contributed by atoms with van der Waals surface area (Å²) in [6.07, 6.45) is 1.73. The van der Waals surface area contributed by atoms with Crippen LogP contribution in [-0.4, -0.2) is 5.11 Å². The number of furan rings is 1. The van der Waals surface area contributed by atoms with Crippen molar-refractivity contribution in [3.05, 3.63) is 29.5 Å². The highest BCUT2D eigenvalue weighted by Crippen LogP contribution is 2.32. The van der Waals surface area contributed by atoms with E-state index < -0.39 is 0 Å². The van der Waals surface area contributed by atoms with E-state index >= 15 is 0 Å². The Labute approximate surface area is 83.2 Å². The number of hydrogen-bond donors (Lipinski definition) is 1. The summed E-state index contributed by atoms with van der Waals surface area (Å²) in [6, 6.07) is 3.48. The number of aryl methyl sites for hydroxylation is 1. The van der Waals surface area contributed by atoms with Gasteiger partial charge in [0.2, 0.25) is 0 Å². The maximum absolute atomic E-state index is 9.51. The van der Waals surface area contributed by atoms with Gasteiger partial charge in [0.1, 0.15) is 11.3 Å². The number of benzene rings is 1. The van der Waals surface area contributed by atoms with E-state index in [-0.39, 0.29) is 5.75 Å². The largest absolute Gasteiger partial charge is 0.508 e. The van der Waals surface area contributed by atoms with Crippen LogP contribution in [0.25, 0.3) is 11.0 Å². The Morgan fingerprint density at radius 2 is 2.00 bits per heavy atom. The molecule has 0 aliphatic rings. The van der Waals surface area contributed by atoms with Crippen molar-refractivity contribution in [3.8, 4) is 5.75 Å². The minimum absolute atomic E-state index is 0.274. The van der Waals surface area contributed by atoms with Gasteiger partial charge in [0, 0.05) is 11.5 Å². The Balaban J connectivity index is 2.83. The van der Waals surface area contributed by atoms with E-state index in [4.69, 9.17) is 4.42 Å². The van der Waals surface area contributed by atoms with Crippen molar-refractivity contribution >= 4 is 11.0 Å². The van der Waals surface area contributed by atoms with Crippen LogP contribution in [0.15, 0.2) is 22.8 Å². The van der Waals surface area contributed by atoms with Gasteiger partial charge in [0.15, 0.2) is 0 Å². The van der Waals surface area contributed by atoms with E-state index in [0.717, 1.165) is 22.1 Å². The van der Waals surface area contributed by atoms with E-state index in [1.54, 1.807) is 12.3 Å². The maximum atomic E-state index is 9.51. The molecule has 0 unspecified atom stereocenters. The lowest BCUT2D eigenvalue weighted by Gasteiger charge is -2.08. The third-order valence-electron chi connectivity index (χ3n) is 2.50. The third-order valence-corrected chi connectivity index (χ3v) is 2.50. The molecule has 0 amide bonds. The molecule has 0 bridgehead atoms. The fraction of sp³-hybridized carbons (Fsp3) is 0.333. The summed E-state index contributed by atoms with van der Waals surface area (Å²) in [5.41, 5.74) is 3.04. The molecular formula is C12H14O2. The molecular weight excluding hydrogens is 176 g/mol. The van der Waals surface area contributed by atoms with E-state index in [9.17, 15) is 5.11 Å². The zero-order valence-corrected chi connectivity index (χ0v) is 8.66. The van der Waals surface area contributed by atoms with E-state index in [1.807, 2.05) is 13.0 Å². The van der Waals surface area contributed by atoms with Crippen LogP contribution in [0.4, 0.5) is 0 Å². The summed E-state index contributed by atoms with van der Waals surface area (Å²) < 4.78 is 5.36. The van der Waals surface area contributed by atoms with Crippen LogP contribution in [0.3, 0.4) is 0 Å². The highest BCUT2D eigenvalue weighted by atomic mass is 16.3. The Morgan fingerprint density at radius 1 is 1.29 bits per heavy atom. The molecule has 14 heavy (non-hydrogen) atoms. The highest BCUT2D eigenvalue weighted by Gasteiger charge is 2.11. The number of rotatable bonds is 1. The van der Waals surface area contributed by atoms with Crippen LogP contribution in [0.2, 0.25) is 0 Å². The average molecular weight is 190 g/mol. The summed E-state index contributed by atoms with van der Waals surface area (Å²) in [5, 5.41) is 10.6. The van der Waals surface area contributed by atoms with Crippen LogP contribution < -0.4 is 0 Å². The monoisotopic (exact) mass is 190 g/mol. The molecule has 0 aliphatic heterocycles. The number of phenolic OH excluding ortho intramolecular Hbond substituents is 1. The van der Waals surface area contributed by atoms with Gasteiger partial charge in [0.25, 0.3) is 0 Å². The van der Waals surface area contributed by atoms with Crippen molar-refractivity contribution in [2.75, 3.05) is 0 Å². The zero-order chi connectivity index (χ0) is 10.3. The number of hydrogen-bond acceptors (Lipinski definition) is 2. The molecule has 1 aromatic heterocycles. The first-order valence-electron chi connectivity index (χ1n) is 4.80.